The molecule has 0 radical (unpaired) electrons. The number of rotatable bonds is 7. The van der Waals surface area contributed by atoms with Crippen molar-refractivity contribution in [2.75, 3.05) is 58.2 Å². The molecule has 0 fully saturated rings. The lowest BCUT2D eigenvalue weighted by atomic mass is 9.99. The molecule has 140 valence electrons. The predicted molar refractivity (Wildman–Crippen MR) is 101 cm³/mol. The lowest BCUT2D eigenvalue weighted by Crippen LogP contribution is -2.31. The molecule has 1 aliphatic heterocycles. The molecule has 0 saturated heterocycles. The van der Waals surface area contributed by atoms with Gasteiger partial charge >= 0.3 is 0 Å². The third kappa shape index (κ3) is 4.13. The topological polar surface area (TPSA) is 75.6 Å². The van der Waals surface area contributed by atoms with Crippen LogP contribution in [-0.4, -0.2) is 68.0 Å². The van der Waals surface area contributed by atoms with Crippen molar-refractivity contribution in [1.29, 1.82) is 0 Å². The Labute approximate surface area is 154 Å². The van der Waals surface area contributed by atoms with Gasteiger partial charge in [0.15, 0.2) is 17.3 Å². The van der Waals surface area contributed by atoms with Crippen molar-refractivity contribution < 1.29 is 9.47 Å². The van der Waals surface area contributed by atoms with Crippen LogP contribution in [0.5, 0.6) is 11.5 Å². The van der Waals surface area contributed by atoms with E-state index in [2.05, 4.69) is 36.4 Å². The van der Waals surface area contributed by atoms with Crippen LogP contribution in [0.2, 0.25) is 0 Å². The zero-order chi connectivity index (χ0) is 18.5. The minimum atomic E-state index is 0.558. The highest BCUT2D eigenvalue weighted by molar-refractivity contribution is 5.52. The Morgan fingerprint density at radius 1 is 1.15 bits per heavy atom. The normalized spacial score (nSPS) is 13.5. The first kappa shape index (κ1) is 18.2. The van der Waals surface area contributed by atoms with E-state index < -0.39 is 0 Å². The van der Waals surface area contributed by atoms with Gasteiger partial charge < -0.3 is 24.6 Å². The Morgan fingerprint density at radius 2 is 1.88 bits per heavy atom. The van der Waals surface area contributed by atoms with Gasteiger partial charge in [0.25, 0.3) is 0 Å². The summed E-state index contributed by atoms with van der Waals surface area (Å²) in [6, 6.07) is 4.11. The third-order valence-corrected chi connectivity index (χ3v) is 4.43. The number of hydrogen-bond acceptors (Lipinski definition) is 8. The van der Waals surface area contributed by atoms with Crippen molar-refractivity contribution in [3.05, 3.63) is 29.5 Å². The van der Waals surface area contributed by atoms with Gasteiger partial charge in [0, 0.05) is 26.2 Å². The highest BCUT2D eigenvalue weighted by Crippen LogP contribution is 2.34. The Bertz CT molecular complexity index is 752. The van der Waals surface area contributed by atoms with Gasteiger partial charge in [-0.2, -0.15) is 10.1 Å². The summed E-state index contributed by atoms with van der Waals surface area (Å²) in [6.07, 6.45) is 2.63. The van der Waals surface area contributed by atoms with Gasteiger partial charge in [0.2, 0.25) is 5.95 Å². The first-order valence-corrected chi connectivity index (χ1v) is 8.67. The summed E-state index contributed by atoms with van der Waals surface area (Å²) in [5.41, 5.74) is 2.50. The van der Waals surface area contributed by atoms with Crippen molar-refractivity contribution in [3.63, 3.8) is 0 Å². The van der Waals surface area contributed by atoms with E-state index in [1.165, 1.54) is 11.1 Å². The van der Waals surface area contributed by atoms with E-state index in [1.54, 1.807) is 20.4 Å². The summed E-state index contributed by atoms with van der Waals surface area (Å²) < 4.78 is 10.8. The second-order valence-electron chi connectivity index (χ2n) is 6.52. The Hall–Kier alpha value is -2.61. The number of anilines is 2. The van der Waals surface area contributed by atoms with Gasteiger partial charge in [0.1, 0.15) is 0 Å². The molecule has 2 aromatic rings. The van der Waals surface area contributed by atoms with Crippen LogP contribution in [0.1, 0.15) is 11.1 Å². The highest BCUT2D eigenvalue weighted by atomic mass is 16.5. The molecule has 0 bridgehead atoms. The molecule has 8 nitrogen and oxygen atoms in total. The summed E-state index contributed by atoms with van der Waals surface area (Å²) in [4.78, 5) is 8.92. The molecule has 0 atom stereocenters. The molecule has 26 heavy (non-hydrogen) atoms. The van der Waals surface area contributed by atoms with E-state index >= 15 is 0 Å². The molecule has 0 spiro atoms. The van der Waals surface area contributed by atoms with Gasteiger partial charge in [0.05, 0.1) is 20.4 Å². The Kier molecular flexibility index (Phi) is 5.72. The van der Waals surface area contributed by atoms with E-state index in [0.717, 1.165) is 49.9 Å². The van der Waals surface area contributed by atoms with Crippen molar-refractivity contribution in [3.8, 4) is 11.5 Å². The number of likely N-dealkylation sites (N-methyl/N-ethyl adjacent to an activating group) is 1. The summed E-state index contributed by atoms with van der Waals surface area (Å²) >= 11 is 0. The fourth-order valence-electron chi connectivity index (χ4n) is 2.99. The van der Waals surface area contributed by atoms with Crippen LogP contribution in [-0.2, 0) is 13.0 Å². The van der Waals surface area contributed by atoms with Crippen LogP contribution >= 0.6 is 0 Å². The number of fused-ring (bicyclic) bond motifs is 1. The molecule has 1 aliphatic rings. The fourth-order valence-corrected chi connectivity index (χ4v) is 2.99. The summed E-state index contributed by atoms with van der Waals surface area (Å²) in [7, 11) is 7.39. The highest BCUT2D eigenvalue weighted by Gasteiger charge is 2.21. The molecule has 0 aliphatic carbocycles. The van der Waals surface area contributed by atoms with Crippen LogP contribution in [0.3, 0.4) is 0 Å². The molecule has 0 saturated carbocycles. The number of nitrogens with zero attached hydrogens (tertiary/aromatic N) is 5. The minimum Gasteiger partial charge on any atom is -0.493 e. The molecular weight excluding hydrogens is 332 g/mol. The number of ether oxygens (including phenoxy) is 2. The quantitative estimate of drug-likeness (QED) is 0.797. The second kappa shape index (κ2) is 8.18. The summed E-state index contributed by atoms with van der Waals surface area (Å²) in [5.74, 6) is 2.91. The lowest BCUT2D eigenvalue weighted by Gasteiger charge is -2.30. The van der Waals surface area contributed by atoms with Crippen molar-refractivity contribution >= 4 is 11.8 Å². The molecule has 0 amide bonds. The zero-order valence-corrected chi connectivity index (χ0v) is 15.8. The molecular formula is C18H26N6O2. The van der Waals surface area contributed by atoms with Crippen LogP contribution in [0.4, 0.5) is 11.8 Å². The number of methoxy groups -OCH3 is 2. The average molecular weight is 358 g/mol. The smallest absolute Gasteiger partial charge is 0.244 e. The number of hydrogen-bond donors (Lipinski definition) is 1. The fraction of sp³-hybridized carbons (Fsp3) is 0.500. The van der Waals surface area contributed by atoms with Crippen molar-refractivity contribution in [2.24, 2.45) is 0 Å². The molecule has 8 heteroatoms. The number of nitrogens with one attached hydrogen (secondary N) is 1. The van der Waals surface area contributed by atoms with Crippen molar-refractivity contribution in [2.45, 2.75) is 13.0 Å². The lowest BCUT2D eigenvalue weighted by molar-refractivity contribution is 0.353. The number of aromatic nitrogens is 3. The standard InChI is InChI=1S/C18H26N6O2/c1-23(2)8-6-19-18-21-17(11-20-22-18)24-7-5-13-9-15(25-3)16(26-4)10-14(13)12-24/h9-11H,5-8,12H2,1-4H3,(H,19,21,22). The SMILES string of the molecule is COc1cc2c(cc1OC)CN(c1cnnc(NCCN(C)C)n1)CC2. The molecule has 2 heterocycles. The first-order chi connectivity index (χ1) is 12.6. The monoisotopic (exact) mass is 358 g/mol. The molecule has 1 N–H and O–H groups in total. The maximum atomic E-state index is 5.43. The summed E-state index contributed by atoms with van der Waals surface area (Å²) in [6.45, 7) is 3.31. The van der Waals surface area contributed by atoms with Gasteiger partial charge in [-0.25, -0.2) is 0 Å². The van der Waals surface area contributed by atoms with Gasteiger partial charge in [-0.15, -0.1) is 5.10 Å². The zero-order valence-electron chi connectivity index (χ0n) is 15.8. The number of benzene rings is 1. The van der Waals surface area contributed by atoms with E-state index in [9.17, 15) is 0 Å². The van der Waals surface area contributed by atoms with E-state index in [1.807, 2.05) is 20.2 Å². The maximum Gasteiger partial charge on any atom is 0.244 e. The Balaban J connectivity index is 1.74. The van der Waals surface area contributed by atoms with Gasteiger partial charge in [-0.1, -0.05) is 0 Å². The van der Waals surface area contributed by atoms with Crippen LogP contribution in [0.25, 0.3) is 0 Å². The maximum absolute atomic E-state index is 5.43. The molecule has 1 aromatic carbocycles. The van der Waals surface area contributed by atoms with E-state index in [4.69, 9.17) is 9.47 Å². The average Bonchev–Trinajstić information content (AvgIpc) is 2.66. The minimum absolute atomic E-state index is 0.558. The summed E-state index contributed by atoms with van der Waals surface area (Å²) in [5, 5.41) is 11.4. The first-order valence-electron chi connectivity index (χ1n) is 8.67. The molecule has 3 rings (SSSR count). The van der Waals surface area contributed by atoms with E-state index in [-0.39, 0.29) is 0 Å². The van der Waals surface area contributed by atoms with Crippen LogP contribution in [0.15, 0.2) is 18.3 Å². The van der Waals surface area contributed by atoms with E-state index in [0.29, 0.717) is 5.95 Å². The third-order valence-electron chi connectivity index (χ3n) is 4.43. The second-order valence-corrected chi connectivity index (χ2v) is 6.52. The predicted octanol–water partition coefficient (Wildman–Crippen LogP) is 1.42. The molecule has 1 aromatic heterocycles. The van der Waals surface area contributed by atoms with Crippen LogP contribution in [0, 0.1) is 0 Å². The Morgan fingerprint density at radius 3 is 2.58 bits per heavy atom. The van der Waals surface area contributed by atoms with Crippen molar-refractivity contribution in [1.82, 2.24) is 20.1 Å². The van der Waals surface area contributed by atoms with Crippen LogP contribution < -0.4 is 19.7 Å². The van der Waals surface area contributed by atoms with Gasteiger partial charge in [-0.05, 0) is 43.8 Å². The largest absolute Gasteiger partial charge is 0.493 e. The van der Waals surface area contributed by atoms with Gasteiger partial charge in [-0.3, -0.25) is 0 Å². The molecule has 0 unspecified atom stereocenters.